The van der Waals surface area contributed by atoms with Gasteiger partial charge >= 0.3 is 0 Å². The molecule has 1 unspecified atom stereocenters. The van der Waals surface area contributed by atoms with Gasteiger partial charge in [-0.15, -0.1) is 0 Å². The minimum Gasteiger partial charge on any atom is -0.388 e. The highest BCUT2D eigenvalue weighted by Gasteiger charge is 2.56. The SMILES string of the molecule is CN(C)C[C@@H]1CN(C)C[C@H](CN(C)C)C1(O)[C@H](C(=O)N(C)C)c1ccccc1. The van der Waals surface area contributed by atoms with Gasteiger partial charge in [0.1, 0.15) is 0 Å². The summed E-state index contributed by atoms with van der Waals surface area (Å²) in [4.78, 5) is 21.6. The third-order valence-electron chi connectivity index (χ3n) is 5.83. The average molecular weight is 391 g/mol. The van der Waals surface area contributed by atoms with Crippen molar-refractivity contribution >= 4 is 5.91 Å². The number of aliphatic hydroxyl groups is 1. The molecule has 4 atom stereocenters. The Labute approximate surface area is 170 Å². The lowest BCUT2D eigenvalue weighted by molar-refractivity contribution is -0.162. The predicted octanol–water partition coefficient (Wildman–Crippen LogP) is 0.891. The second kappa shape index (κ2) is 9.35. The molecule has 1 N–H and O–H groups in total. The number of carbonyl (C=O) groups is 1. The summed E-state index contributed by atoms with van der Waals surface area (Å²) in [5, 5.41) is 12.4. The summed E-state index contributed by atoms with van der Waals surface area (Å²) in [6.45, 7) is 2.99. The fourth-order valence-corrected chi connectivity index (χ4v) is 4.72. The highest BCUT2D eigenvalue weighted by atomic mass is 16.3. The van der Waals surface area contributed by atoms with Gasteiger partial charge in [-0.1, -0.05) is 30.3 Å². The standard InChI is InChI=1S/C22H38N4O2/c1-23(2)13-18-15-26(7)16-19(14-24(3)4)22(18,28)20(21(27)25(5)6)17-11-9-8-10-12-17/h8-12,18-20,28H,13-16H2,1-7H3/t18-,19+,20-,22?/m0/s1. The molecule has 0 radical (unpaired) electrons. The Kier molecular flexibility index (Phi) is 7.62. The van der Waals surface area contributed by atoms with Crippen LogP contribution in [0.1, 0.15) is 11.5 Å². The molecule has 1 aliphatic rings. The van der Waals surface area contributed by atoms with E-state index in [-0.39, 0.29) is 17.7 Å². The molecule has 0 aromatic heterocycles. The fourth-order valence-electron chi connectivity index (χ4n) is 4.72. The zero-order valence-electron chi connectivity index (χ0n) is 18.6. The Morgan fingerprint density at radius 3 is 1.89 bits per heavy atom. The second-order valence-corrected chi connectivity index (χ2v) is 9.10. The van der Waals surface area contributed by atoms with Crippen LogP contribution in [0, 0.1) is 11.8 Å². The minimum atomic E-state index is -1.14. The van der Waals surface area contributed by atoms with Crippen LogP contribution in [0.15, 0.2) is 30.3 Å². The summed E-state index contributed by atoms with van der Waals surface area (Å²) >= 11 is 0. The van der Waals surface area contributed by atoms with Gasteiger partial charge in [0.05, 0.1) is 11.5 Å². The average Bonchev–Trinajstić information content (AvgIpc) is 2.59. The number of nitrogens with zero attached hydrogens (tertiary/aromatic N) is 4. The molecular weight excluding hydrogens is 352 g/mol. The molecule has 158 valence electrons. The summed E-state index contributed by atoms with van der Waals surface area (Å²) in [5.74, 6) is -0.710. The van der Waals surface area contributed by atoms with Gasteiger partial charge in [0.25, 0.3) is 0 Å². The zero-order chi connectivity index (χ0) is 21.1. The lowest BCUT2D eigenvalue weighted by atomic mass is 9.63. The topological polar surface area (TPSA) is 50.3 Å². The van der Waals surface area contributed by atoms with Gasteiger partial charge in [-0.05, 0) is 40.8 Å². The van der Waals surface area contributed by atoms with Crippen molar-refractivity contribution in [1.29, 1.82) is 0 Å². The summed E-state index contributed by atoms with van der Waals surface area (Å²) in [5.41, 5.74) is -0.246. The van der Waals surface area contributed by atoms with E-state index in [0.717, 1.165) is 31.7 Å². The number of likely N-dealkylation sites (tertiary alicyclic amines) is 1. The highest BCUT2D eigenvalue weighted by Crippen LogP contribution is 2.44. The molecule has 2 rings (SSSR count). The Morgan fingerprint density at radius 1 is 1.04 bits per heavy atom. The van der Waals surface area contributed by atoms with Gasteiger partial charge in [-0.25, -0.2) is 0 Å². The van der Waals surface area contributed by atoms with E-state index < -0.39 is 11.5 Å². The molecule has 1 aromatic carbocycles. The molecule has 6 nitrogen and oxygen atoms in total. The summed E-state index contributed by atoms with van der Waals surface area (Å²) in [7, 11) is 13.8. The first-order valence-corrected chi connectivity index (χ1v) is 10.0. The van der Waals surface area contributed by atoms with Crippen LogP contribution < -0.4 is 0 Å². The van der Waals surface area contributed by atoms with E-state index in [9.17, 15) is 9.90 Å². The molecular formula is C22H38N4O2. The Hall–Kier alpha value is -1.47. The van der Waals surface area contributed by atoms with Crippen LogP contribution in [0.2, 0.25) is 0 Å². The van der Waals surface area contributed by atoms with Crippen LogP contribution in [0.25, 0.3) is 0 Å². The van der Waals surface area contributed by atoms with Crippen LogP contribution in [0.4, 0.5) is 0 Å². The number of rotatable bonds is 7. The molecule has 1 fully saturated rings. The second-order valence-electron chi connectivity index (χ2n) is 9.10. The normalized spacial score (nSPS) is 27.2. The van der Waals surface area contributed by atoms with Crippen molar-refractivity contribution in [2.75, 3.05) is 75.5 Å². The smallest absolute Gasteiger partial charge is 0.232 e. The van der Waals surface area contributed by atoms with Gasteiger partial charge in [0, 0.05) is 52.1 Å². The monoisotopic (exact) mass is 390 g/mol. The molecule has 1 heterocycles. The lowest BCUT2D eigenvalue weighted by Gasteiger charge is -2.53. The van der Waals surface area contributed by atoms with Gasteiger partial charge in [0.15, 0.2) is 0 Å². The van der Waals surface area contributed by atoms with E-state index in [2.05, 4.69) is 21.7 Å². The summed E-state index contributed by atoms with van der Waals surface area (Å²) in [6.07, 6.45) is 0. The lowest BCUT2D eigenvalue weighted by Crippen LogP contribution is -2.66. The fraction of sp³-hybridized carbons (Fsp3) is 0.682. The molecule has 1 amide bonds. The van der Waals surface area contributed by atoms with Crippen molar-refractivity contribution in [2.24, 2.45) is 11.8 Å². The highest BCUT2D eigenvalue weighted by molar-refractivity contribution is 5.85. The third-order valence-corrected chi connectivity index (χ3v) is 5.83. The van der Waals surface area contributed by atoms with Crippen molar-refractivity contribution in [3.63, 3.8) is 0 Å². The van der Waals surface area contributed by atoms with E-state index in [1.807, 2.05) is 58.5 Å². The van der Waals surface area contributed by atoms with Crippen LogP contribution in [-0.4, -0.2) is 112 Å². The Morgan fingerprint density at radius 2 is 1.50 bits per heavy atom. The first-order chi connectivity index (χ1) is 13.1. The molecule has 1 saturated heterocycles. The van der Waals surface area contributed by atoms with E-state index >= 15 is 0 Å². The van der Waals surface area contributed by atoms with E-state index in [1.165, 1.54) is 0 Å². The van der Waals surface area contributed by atoms with Gasteiger partial charge in [-0.3, -0.25) is 4.79 Å². The number of amides is 1. The van der Waals surface area contributed by atoms with Crippen molar-refractivity contribution in [3.05, 3.63) is 35.9 Å². The molecule has 6 heteroatoms. The van der Waals surface area contributed by atoms with Crippen molar-refractivity contribution in [2.45, 2.75) is 11.5 Å². The van der Waals surface area contributed by atoms with Crippen molar-refractivity contribution in [3.8, 4) is 0 Å². The first kappa shape index (κ1) is 22.8. The van der Waals surface area contributed by atoms with E-state index in [4.69, 9.17) is 0 Å². The maximum absolute atomic E-state index is 13.4. The first-order valence-electron chi connectivity index (χ1n) is 10.0. The quantitative estimate of drug-likeness (QED) is 0.749. The molecule has 1 aliphatic heterocycles. The number of hydrogen-bond acceptors (Lipinski definition) is 5. The molecule has 28 heavy (non-hydrogen) atoms. The largest absolute Gasteiger partial charge is 0.388 e. The predicted molar refractivity (Wildman–Crippen MR) is 114 cm³/mol. The summed E-state index contributed by atoms with van der Waals surface area (Å²) < 4.78 is 0. The van der Waals surface area contributed by atoms with Crippen molar-refractivity contribution in [1.82, 2.24) is 19.6 Å². The molecule has 0 bridgehead atoms. The van der Waals surface area contributed by atoms with E-state index in [0.29, 0.717) is 0 Å². The van der Waals surface area contributed by atoms with Crippen LogP contribution in [-0.2, 0) is 4.79 Å². The number of carbonyl (C=O) groups excluding carboxylic acids is 1. The van der Waals surface area contributed by atoms with Crippen LogP contribution >= 0.6 is 0 Å². The van der Waals surface area contributed by atoms with E-state index in [1.54, 1.807) is 19.0 Å². The number of piperidine rings is 1. The molecule has 0 aliphatic carbocycles. The van der Waals surface area contributed by atoms with Crippen molar-refractivity contribution < 1.29 is 9.90 Å². The number of hydrogen-bond donors (Lipinski definition) is 1. The molecule has 0 spiro atoms. The van der Waals surface area contributed by atoms with Gasteiger partial charge in [0.2, 0.25) is 5.91 Å². The van der Waals surface area contributed by atoms with Gasteiger partial charge in [-0.2, -0.15) is 0 Å². The number of benzene rings is 1. The zero-order valence-corrected chi connectivity index (χ0v) is 18.6. The minimum absolute atomic E-state index is 0.0363. The maximum atomic E-state index is 13.4. The molecule has 0 saturated carbocycles. The number of likely N-dealkylation sites (N-methyl/N-ethyl adjacent to an activating group) is 1. The third kappa shape index (κ3) is 4.92. The maximum Gasteiger partial charge on any atom is 0.232 e. The molecule has 1 aromatic rings. The Bertz CT molecular complexity index is 609. The van der Waals surface area contributed by atoms with Gasteiger partial charge < -0.3 is 24.7 Å². The van der Waals surface area contributed by atoms with Crippen LogP contribution in [0.5, 0.6) is 0 Å². The van der Waals surface area contributed by atoms with Crippen LogP contribution in [0.3, 0.4) is 0 Å². The summed E-state index contributed by atoms with van der Waals surface area (Å²) in [6, 6.07) is 9.80. The Balaban J connectivity index is 2.63.